The average Bonchev–Trinajstić information content (AvgIpc) is 3.06. The molecule has 1 saturated carbocycles. The number of halogens is 3. The summed E-state index contributed by atoms with van der Waals surface area (Å²) in [6.07, 6.45) is -1.68. The van der Waals surface area contributed by atoms with E-state index in [1.54, 1.807) is 13.8 Å². The number of hydrogen-bond donors (Lipinski definition) is 2. The fourth-order valence-corrected chi connectivity index (χ4v) is 5.41. The SMILES string of the molecule is CC(C)NC(=O)c1cc2c(cc1C(F)(F)F)SC1(CCCC1)C(=O)N2CCN. The first-order valence-corrected chi connectivity index (χ1v) is 10.2. The van der Waals surface area contributed by atoms with Crippen molar-refractivity contribution in [3.05, 3.63) is 23.3 Å². The lowest BCUT2D eigenvalue weighted by Crippen LogP contribution is -2.50. The zero-order valence-electron chi connectivity index (χ0n) is 15.9. The van der Waals surface area contributed by atoms with Crippen molar-refractivity contribution in [3.8, 4) is 0 Å². The summed E-state index contributed by atoms with van der Waals surface area (Å²) < 4.78 is 40.4. The maximum atomic E-state index is 13.7. The molecule has 1 aromatic carbocycles. The average molecular weight is 415 g/mol. The van der Waals surface area contributed by atoms with Crippen LogP contribution in [0.1, 0.15) is 55.5 Å². The second kappa shape index (κ2) is 7.59. The minimum absolute atomic E-state index is 0.122. The van der Waals surface area contributed by atoms with E-state index in [-0.39, 0.29) is 25.0 Å². The van der Waals surface area contributed by atoms with Gasteiger partial charge < -0.3 is 16.0 Å². The molecule has 5 nitrogen and oxygen atoms in total. The number of alkyl halides is 3. The number of hydrogen-bond acceptors (Lipinski definition) is 4. The van der Waals surface area contributed by atoms with Crippen LogP contribution < -0.4 is 16.0 Å². The largest absolute Gasteiger partial charge is 0.417 e. The van der Waals surface area contributed by atoms with Crippen LogP contribution >= 0.6 is 11.8 Å². The number of fused-ring (bicyclic) bond motifs is 1. The summed E-state index contributed by atoms with van der Waals surface area (Å²) >= 11 is 1.21. The van der Waals surface area contributed by atoms with Gasteiger partial charge in [0.1, 0.15) is 0 Å². The van der Waals surface area contributed by atoms with E-state index >= 15 is 0 Å². The third-order valence-corrected chi connectivity index (χ3v) is 6.58. The maximum absolute atomic E-state index is 13.7. The number of carbonyl (C=O) groups is 2. The molecule has 154 valence electrons. The Kier molecular flexibility index (Phi) is 5.69. The standard InChI is InChI=1S/C19H24F3N3O2S/c1-11(2)24-16(26)12-9-14-15(10-13(12)19(20,21)22)28-18(5-3-4-6-18)17(27)25(14)8-7-23/h9-11H,3-8,23H2,1-2H3,(H,24,26). The Hall–Kier alpha value is -1.74. The topological polar surface area (TPSA) is 75.4 Å². The molecule has 3 rings (SSSR count). The van der Waals surface area contributed by atoms with Crippen LogP contribution in [-0.2, 0) is 11.0 Å². The summed E-state index contributed by atoms with van der Waals surface area (Å²) in [5.41, 5.74) is 4.55. The first-order valence-electron chi connectivity index (χ1n) is 9.36. The van der Waals surface area contributed by atoms with Crippen LogP contribution in [0.3, 0.4) is 0 Å². The molecule has 0 radical (unpaired) electrons. The Morgan fingerprint density at radius 2 is 1.96 bits per heavy atom. The van der Waals surface area contributed by atoms with Gasteiger partial charge >= 0.3 is 6.18 Å². The molecular formula is C19H24F3N3O2S. The molecule has 1 aliphatic carbocycles. The van der Waals surface area contributed by atoms with Gasteiger partial charge in [-0.25, -0.2) is 0 Å². The Bertz CT molecular complexity index is 789. The Labute approximate surface area is 166 Å². The predicted octanol–water partition coefficient (Wildman–Crippen LogP) is 3.55. The minimum atomic E-state index is -4.68. The molecule has 1 aromatic rings. The molecule has 9 heteroatoms. The van der Waals surface area contributed by atoms with Crippen molar-refractivity contribution in [1.82, 2.24) is 5.32 Å². The van der Waals surface area contributed by atoms with Crippen molar-refractivity contribution >= 4 is 29.3 Å². The molecule has 0 aromatic heterocycles. The van der Waals surface area contributed by atoms with Crippen molar-refractivity contribution in [2.45, 2.75) is 61.4 Å². The fourth-order valence-electron chi connectivity index (χ4n) is 3.85. The molecule has 2 amide bonds. The van der Waals surface area contributed by atoms with E-state index in [0.717, 1.165) is 18.9 Å². The van der Waals surface area contributed by atoms with E-state index in [1.807, 2.05) is 0 Å². The third kappa shape index (κ3) is 3.74. The molecule has 1 fully saturated rings. The van der Waals surface area contributed by atoms with Gasteiger partial charge in [0.15, 0.2) is 0 Å². The van der Waals surface area contributed by atoms with Gasteiger partial charge in [0.05, 0.1) is 21.6 Å². The van der Waals surface area contributed by atoms with Crippen LogP contribution in [0.5, 0.6) is 0 Å². The summed E-state index contributed by atoms with van der Waals surface area (Å²) in [7, 11) is 0. The maximum Gasteiger partial charge on any atom is 0.417 e. The predicted molar refractivity (Wildman–Crippen MR) is 103 cm³/mol. The number of thioether (sulfide) groups is 1. The Morgan fingerprint density at radius 1 is 1.32 bits per heavy atom. The molecular weight excluding hydrogens is 391 g/mol. The van der Waals surface area contributed by atoms with Crippen LogP contribution in [0.25, 0.3) is 0 Å². The number of nitrogens with one attached hydrogen (secondary N) is 1. The highest BCUT2D eigenvalue weighted by atomic mass is 32.2. The molecule has 0 unspecified atom stereocenters. The van der Waals surface area contributed by atoms with Crippen molar-refractivity contribution in [3.63, 3.8) is 0 Å². The quantitative estimate of drug-likeness (QED) is 0.789. The molecule has 0 bridgehead atoms. The summed E-state index contributed by atoms with van der Waals surface area (Å²) in [6, 6.07) is 1.89. The summed E-state index contributed by atoms with van der Waals surface area (Å²) in [4.78, 5) is 27.5. The van der Waals surface area contributed by atoms with Crippen molar-refractivity contribution in [2.24, 2.45) is 5.73 Å². The lowest BCUT2D eigenvalue weighted by molar-refractivity contribution is -0.138. The molecule has 1 heterocycles. The first kappa shape index (κ1) is 21.0. The second-order valence-electron chi connectivity index (χ2n) is 7.54. The number of anilines is 1. The van der Waals surface area contributed by atoms with Gasteiger partial charge in [0.25, 0.3) is 5.91 Å². The van der Waals surface area contributed by atoms with Crippen LogP contribution in [-0.4, -0.2) is 35.7 Å². The zero-order valence-corrected chi connectivity index (χ0v) is 16.7. The van der Waals surface area contributed by atoms with Crippen LogP contribution in [0, 0.1) is 0 Å². The lowest BCUT2D eigenvalue weighted by atomic mass is 10.0. The Balaban J connectivity index is 2.16. The zero-order chi connectivity index (χ0) is 20.7. The molecule has 0 saturated heterocycles. The number of rotatable bonds is 4. The van der Waals surface area contributed by atoms with Crippen molar-refractivity contribution in [2.75, 3.05) is 18.0 Å². The Morgan fingerprint density at radius 3 is 2.50 bits per heavy atom. The van der Waals surface area contributed by atoms with Crippen molar-refractivity contribution in [1.29, 1.82) is 0 Å². The van der Waals surface area contributed by atoms with Crippen LogP contribution in [0.2, 0.25) is 0 Å². The minimum Gasteiger partial charge on any atom is -0.350 e. The van der Waals surface area contributed by atoms with E-state index in [1.165, 1.54) is 22.7 Å². The number of amides is 2. The lowest BCUT2D eigenvalue weighted by Gasteiger charge is -2.40. The summed E-state index contributed by atoms with van der Waals surface area (Å²) in [6.45, 7) is 3.73. The number of nitrogens with zero attached hydrogens (tertiary/aromatic N) is 1. The molecule has 3 N–H and O–H groups in total. The van der Waals surface area contributed by atoms with Gasteiger partial charge in [-0.2, -0.15) is 13.2 Å². The second-order valence-corrected chi connectivity index (χ2v) is 8.97. The van der Waals surface area contributed by atoms with Gasteiger partial charge in [-0.1, -0.05) is 12.8 Å². The highest BCUT2D eigenvalue weighted by Gasteiger charge is 2.49. The monoisotopic (exact) mass is 415 g/mol. The first-order chi connectivity index (χ1) is 13.1. The normalized spacial score (nSPS) is 18.7. The van der Waals surface area contributed by atoms with E-state index in [2.05, 4.69) is 5.32 Å². The van der Waals surface area contributed by atoms with E-state index in [0.29, 0.717) is 23.4 Å². The summed E-state index contributed by atoms with van der Waals surface area (Å²) in [5.74, 6) is -0.931. The number of benzene rings is 1. The van der Waals surface area contributed by atoms with E-state index in [4.69, 9.17) is 5.73 Å². The molecule has 1 aliphatic heterocycles. The summed E-state index contributed by atoms with van der Waals surface area (Å²) in [5, 5.41) is 2.51. The van der Waals surface area contributed by atoms with Gasteiger partial charge in [-0.05, 0) is 38.8 Å². The highest BCUT2D eigenvalue weighted by molar-refractivity contribution is 8.01. The smallest absolute Gasteiger partial charge is 0.350 e. The van der Waals surface area contributed by atoms with Crippen LogP contribution in [0.4, 0.5) is 18.9 Å². The number of nitrogens with two attached hydrogens (primary N) is 1. The molecule has 0 atom stereocenters. The van der Waals surface area contributed by atoms with Gasteiger partial charge in [-0.3, -0.25) is 9.59 Å². The molecule has 1 spiro atoms. The van der Waals surface area contributed by atoms with Crippen molar-refractivity contribution < 1.29 is 22.8 Å². The number of carbonyl (C=O) groups excluding carboxylic acids is 2. The molecule has 28 heavy (non-hydrogen) atoms. The van der Waals surface area contributed by atoms with Gasteiger partial charge in [0.2, 0.25) is 5.91 Å². The van der Waals surface area contributed by atoms with E-state index in [9.17, 15) is 22.8 Å². The molecule has 2 aliphatic rings. The van der Waals surface area contributed by atoms with Gasteiger partial charge in [0, 0.05) is 24.0 Å². The van der Waals surface area contributed by atoms with E-state index < -0.39 is 28.0 Å². The third-order valence-electron chi connectivity index (χ3n) is 5.06. The fraction of sp³-hybridized carbons (Fsp3) is 0.579. The van der Waals surface area contributed by atoms with Crippen LogP contribution in [0.15, 0.2) is 17.0 Å². The highest BCUT2D eigenvalue weighted by Crippen LogP contribution is 2.54. The van der Waals surface area contributed by atoms with Gasteiger partial charge in [-0.15, -0.1) is 11.8 Å².